The van der Waals surface area contributed by atoms with Crippen LogP contribution < -0.4 is 11.3 Å². The fraction of sp³-hybridized carbons (Fsp3) is 0.200. The molecule has 2 heterocycles. The Morgan fingerprint density at radius 2 is 2.25 bits per heavy atom. The van der Waals surface area contributed by atoms with E-state index < -0.39 is 11.9 Å². The third-order valence-electron chi connectivity index (χ3n) is 2.44. The number of halogens is 1. The van der Waals surface area contributed by atoms with Crippen molar-refractivity contribution in [1.82, 2.24) is 20.2 Å². The molecule has 1 unspecified atom stereocenters. The first-order chi connectivity index (χ1) is 7.74. The SMILES string of the molecule is Cn1nccc1C(NN)c1ccncc1F. The maximum Gasteiger partial charge on any atom is 0.146 e. The van der Waals surface area contributed by atoms with Crippen molar-refractivity contribution in [2.24, 2.45) is 12.9 Å². The number of aryl methyl sites for hydroxylation is 1. The molecular weight excluding hydrogens is 209 g/mol. The van der Waals surface area contributed by atoms with Gasteiger partial charge in [-0.15, -0.1) is 0 Å². The van der Waals surface area contributed by atoms with Crippen molar-refractivity contribution in [3.8, 4) is 0 Å². The number of nitrogens with one attached hydrogen (secondary N) is 1. The zero-order valence-electron chi connectivity index (χ0n) is 8.76. The van der Waals surface area contributed by atoms with Crippen LogP contribution in [0.1, 0.15) is 17.3 Å². The van der Waals surface area contributed by atoms with E-state index in [2.05, 4.69) is 15.5 Å². The number of hydrogen-bond acceptors (Lipinski definition) is 4. The van der Waals surface area contributed by atoms with Crippen LogP contribution in [0.2, 0.25) is 0 Å². The normalized spacial score (nSPS) is 12.7. The maximum absolute atomic E-state index is 13.6. The number of hydrogen-bond donors (Lipinski definition) is 2. The Hall–Kier alpha value is -1.79. The summed E-state index contributed by atoms with van der Waals surface area (Å²) in [7, 11) is 1.78. The molecule has 0 amide bonds. The van der Waals surface area contributed by atoms with Gasteiger partial charge in [0, 0.05) is 25.0 Å². The standard InChI is InChI=1S/C10H12FN5/c1-16-9(3-5-14-16)10(15-12)7-2-4-13-6-8(7)11/h2-6,10,15H,12H2,1H3. The van der Waals surface area contributed by atoms with Gasteiger partial charge in [0.25, 0.3) is 0 Å². The lowest BCUT2D eigenvalue weighted by Crippen LogP contribution is -2.31. The summed E-state index contributed by atoms with van der Waals surface area (Å²) in [5.74, 6) is 5.06. The van der Waals surface area contributed by atoms with Crippen molar-refractivity contribution in [3.05, 3.63) is 47.8 Å². The van der Waals surface area contributed by atoms with E-state index in [4.69, 9.17) is 5.84 Å². The van der Waals surface area contributed by atoms with Gasteiger partial charge in [-0.25, -0.2) is 9.82 Å². The van der Waals surface area contributed by atoms with Crippen LogP contribution in [0.25, 0.3) is 0 Å². The molecule has 2 aromatic rings. The average Bonchev–Trinajstić information content (AvgIpc) is 2.69. The zero-order valence-corrected chi connectivity index (χ0v) is 8.76. The summed E-state index contributed by atoms with van der Waals surface area (Å²) >= 11 is 0. The van der Waals surface area contributed by atoms with Crippen molar-refractivity contribution in [2.75, 3.05) is 0 Å². The molecule has 1 atom stereocenters. The average molecular weight is 221 g/mol. The summed E-state index contributed by atoms with van der Waals surface area (Å²) in [6, 6.07) is 2.94. The minimum absolute atomic E-state index is 0.397. The predicted octanol–water partition coefficient (Wildman–Crippen LogP) is 0.507. The summed E-state index contributed by atoms with van der Waals surface area (Å²) < 4.78 is 15.2. The van der Waals surface area contributed by atoms with E-state index in [-0.39, 0.29) is 0 Å². The highest BCUT2D eigenvalue weighted by atomic mass is 19.1. The van der Waals surface area contributed by atoms with E-state index in [9.17, 15) is 4.39 Å². The summed E-state index contributed by atoms with van der Waals surface area (Å²) in [5.41, 5.74) is 3.80. The van der Waals surface area contributed by atoms with Gasteiger partial charge in [-0.2, -0.15) is 5.10 Å². The Labute approximate surface area is 92.1 Å². The van der Waals surface area contributed by atoms with Crippen molar-refractivity contribution < 1.29 is 4.39 Å². The Bertz CT molecular complexity index is 482. The maximum atomic E-state index is 13.6. The highest BCUT2D eigenvalue weighted by Crippen LogP contribution is 2.22. The number of pyridine rings is 1. The quantitative estimate of drug-likeness (QED) is 0.585. The van der Waals surface area contributed by atoms with Crippen LogP contribution >= 0.6 is 0 Å². The molecule has 3 N–H and O–H groups in total. The van der Waals surface area contributed by atoms with Gasteiger partial charge in [-0.1, -0.05) is 0 Å². The second-order valence-corrected chi connectivity index (χ2v) is 3.38. The number of hydrazine groups is 1. The summed E-state index contributed by atoms with van der Waals surface area (Å²) in [4.78, 5) is 3.70. The van der Waals surface area contributed by atoms with Crippen LogP contribution in [-0.4, -0.2) is 14.8 Å². The minimum atomic E-state index is -0.435. The zero-order chi connectivity index (χ0) is 11.5. The first-order valence-corrected chi connectivity index (χ1v) is 4.77. The third kappa shape index (κ3) is 1.80. The van der Waals surface area contributed by atoms with Crippen LogP contribution in [0.15, 0.2) is 30.7 Å². The van der Waals surface area contributed by atoms with E-state index in [0.717, 1.165) is 11.9 Å². The number of nitrogens with zero attached hydrogens (tertiary/aromatic N) is 3. The number of rotatable bonds is 3. The van der Waals surface area contributed by atoms with Crippen LogP contribution in [0.4, 0.5) is 4.39 Å². The van der Waals surface area contributed by atoms with E-state index in [1.165, 1.54) is 6.20 Å². The molecule has 0 spiro atoms. The molecule has 0 aliphatic heterocycles. The van der Waals surface area contributed by atoms with Crippen LogP contribution in [0, 0.1) is 5.82 Å². The molecule has 0 bridgehead atoms. The summed E-state index contributed by atoms with van der Waals surface area (Å²) in [6.45, 7) is 0. The molecule has 16 heavy (non-hydrogen) atoms. The first-order valence-electron chi connectivity index (χ1n) is 4.77. The molecule has 84 valence electrons. The molecular formula is C10H12FN5. The Morgan fingerprint density at radius 3 is 2.81 bits per heavy atom. The van der Waals surface area contributed by atoms with Gasteiger partial charge in [0.2, 0.25) is 0 Å². The third-order valence-corrected chi connectivity index (χ3v) is 2.44. The summed E-state index contributed by atoms with van der Waals surface area (Å²) in [5, 5.41) is 4.02. The van der Waals surface area contributed by atoms with Gasteiger partial charge in [0.15, 0.2) is 0 Å². The lowest BCUT2D eigenvalue weighted by atomic mass is 10.1. The van der Waals surface area contributed by atoms with Gasteiger partial charge in [0.1, 0.15) is 5.82 Å². The van der Waals surface area contributed by atoms with E-state index >= 15 is 0 Å². The first kappa shape index (κ1) is 10.7. The van der Waals surface area contributed by atoms with Gasteiger partial charge >= 0.3 is 0 Å². The largest absolute Gasteiger partial charge is 0.271 e. The Morgan fingerprint density at radius 1 is 1.44 bits per heavy atom. The topological polar surface area (TPSA) is 68.8 Å². The molecule has 0 aromatic carbocycles. The van der Waals surface area contributed by atoms with Crippen LogP contribution in [-0.2, 0) is 7.05 Å². The molecule has 2 aromatic heterocycles. The van der Waals surface area contributed by atoms with Crippen LogP contribution in [0.3, 0.4) is 0 Å². The molecule has 0 aliphatic carbocycles. The van der Waals surface area contributed by atoms with Gasteiger partial charge in [0.05, 0.1) is 17.9 Å². The lowest BCUT2D eigenvalue weighted by Gasteiger charge is -2.16. The molecule has 0 saturated heterocycles. The highest BCUT2D eigenvalue weighted by molar-refractivity contribution is 5.26. The van der Waals surface area contributed by atoms with E-state index in [1.807, 2.05) is 0 Å². The molecule has 2 rings (SSSR count). The van der Waals surface area contributed by atoms with Gasteiger partial charge in [-0.05, 0) is 12.1 Å². The molecule has 0 fully saturated rings. The molecule has 5 nitrogen and oxygen atoms in total. The monoisotopic (exact) mass is 221 g/mol. The van der Waals surface area contributed by atoms with Gasteiger partial charge in [-0.3, -0.25) is 15.5 Å². The molecule has 0 aliphatic rings. The second kappa shape index (κ2) is 4.38. The van der Waals surface area contributed by atoms with E-state index in [0.29, 0.717) is 5.56 Å². The minimum Gasteiger partial charge on any atom is -0.271 e. The molecule has 0 radical (unpaired) electrons. The van der Waals surface area contributed by atoms with Crippen LogP contribution in [0.5, 0.6) is 0 Å². The number of aromatic nitrogens is 3. The van der Waals surface area contributed by atoms with Crippen molar-refractivity contribution >= 4 is 0 Å². The van der Waals surface area contributed by atoms with Crippen molar-refractivity contribution in [2.45, 2.75) is 6.04 Å². The number of nitrogens with two attached hydrogens (primary N) is 1. The van der Waals surface area contributed by atoms with E-state index in [1.54, 1.807) is 30.1 Å². The lowest BCUT2D eigenvalue weighted by molar-refractivity contribution is 0.530. The highest BCUT2D eigenvalue weighted by Gasteiger charge is 2.18. The second-order valence-electron chi connectivity index (χ2n) is 3.38. The molecule has 6 heteroatoms. The smallest absolute Gasteiger partial charge is 0.146 e. The predicted molar refractivity (Wildman–Crippen MR) is 56.6 cm³/mol. The molecule has 0 saturated carbocycles. The Balaban J connectivity index is 2.45. The fourth-order valence-electron chi connectivity index (χ4n) is 1.62. The summed E-state index contributed by atoms with van der Waals surface area (Å²) in [6.07, 6.45) is 4.33. The fourth-order valence-corrected chi connectivity index (χ4v) is 1.62. The van der Waals surface area contributed by atoms with Crippen molar-refractivity contribution in [3.63, 3.8) is 0 Å². The van der Waals surface area contributed by atoms with Gasteiger partial charge < -0.3 is 0 Å². The van der Waals surface area contributed by atoms with Crippen molar-refractivity contribution in [1.29, 1.82) is 0 Å². The Kier molecular flexibility index (Phi) is 2.93.